The van der Waals surface area contributed by atoms with Crippen LogP contribution in [0.4, 0.5) is 0 Å². The summed E-state index contributed by atoms with van der Waals surface area (Å²) in [7, 11) is 1.64. The first kappa shape index (κ1) is 14.5. The molecule has 0 unspecified atom stereocenters. The molecule has 0 saturated heterocycles. The summed E-state index contributed by atoms with van der Waals surface area (Å²) in [6.45, 7) is 2.75. The molecule has 0 aliphatic rings. The van der Waals surface area contributed by atoms with Crippen LogP contribution in [0.15, 0.2) is 59.5 Å². The average molecular weight is 319 g/mol. The fourth-order valence-corrected chi connectivity index (χ4v) is 3.20. The zero-order valence-corrected chi connectivity index (χ0v) is 13.6. The third-order valence-corrected chi connectivity index (χ3v) is 4.32. The molecular formula is C19H17N3O2. The average Bonchev–Trinajstić information content (AvgIpc) is 2.96. The molecule has 0 saturated carbocycles. The Hall–Kier alpha value is -3.08. The predicted molar refractivity (Wildman–Crippen MR) is 95.1 cm³/mol. The Morgan fingerprint density at radius 1 is 1.08 bits per heavy atom. The van der Waals surface area contributed by atoms with Crippen LogP contribution in [0.5, 0.6) is 5.75 Å². The molecule has 5 heteroatoms. The SMILES string of the molecule is CCn1c2ccc(OC)cc2c2cnn(-c3ccccc3)c(=O)c21. The van der Waals surface area contributed by atoms with E-state index in [1.807, 2.05) is 60.0 Å². The van der Waals surface area contributed by atoms with Crippen LogP contribution in [-0.2, 0) is 6.54 Å². The van der Waals surface area contributed by atoms with Gasteiger partial charge in [-0.3, -0.25) is 4.79 Å². The molecule has 0 aliphatic heterocycles. The summed E-state index contributed by atoms with van der Waals surface area (Å²) in [5, 5.41) is 6.21. The molecular weight excluding hydrogens is 302 g/mol. The van der Waals surface area contributed by atoms with Gasteiger partial charge in [0, 0.05) is 22.8 Å². The molecule has 4 rings (SSSR count). The highest BCUT2D eigenvalue weighted by molar-refractivity contribution is 6.07. The molecule has 5 nitrogen and oxygen atoms in total. The highest BCUT2D eigenvalue weighted by atomic mass is 16.5. The molecule has 0 fully saturated rings. The zero-order valence-electron chi connectivity index (χ0n) is 13.6. The Balaban J connectivity index is 2.12. The van der Waals surface area contributed by atoms with Gasteiger partial charge >= 0.3 is 0 Å². The Kier molecular flexibility index (Phi) is 3.34. The Bertz CT molecular complexity index is 1090. The lowest BCUT2D eigenvalue weighted by Gasteiger charge is -2.06. The van der Waals surface area contributed by atoms with Gasteiger partial charge in [0.25, 0.3) is 5.56 Å². The quantitative estimate of drug-likeness (QED) is 0.582. The fourth-order valence-electron chi connectivity index (χ4n) is 3.20. The first-order valence-electron chi connectivity index (χ1n) is 7.88. The smallest absolute Gasteiger partial charge is 0.296 e. The molecule has 2 aromatic heterocycles. The van der Waals surface area contributed by atoms with Gasteiger partial charge in [0.05, 0.1) is 19.0 Å². The highest BCUT2D eigenvalue weighted by Gasteiger charge is 2.16. The lowest BCUT2D eigenvalue weighted by Crippen LogP contribution is -2.22. The molecule has 0 amide bonds. The summed E-state index contributed by atoms with van der Waals surface area (Å²) >= 11 is 0. The van der Waals surface area contributed by atoms with Gasteiger partial charge in [-0.2, -0.15) is 9.78 Å². The number of nitrogens with zero attached hydrogens (tertiary/aromatic N) is 3. The van der Waals surface area contributed by atoms with E-state index < -0.39 is 0 Å². The van der Waals surface area contributed by atoms with Crippen LogP contribution in [0.25, 0.3) is 27.5 Å². The Morgan fingerprint density at radius 3 is 2.58 bits per heavy atom. The van der Waals surface area contributed by atoms with E-state index in [1.165, 1.54) is 4.68 Å². The van der Waals surface area contributed by atoms with Crippen molar-refractivity contribution in [2.45, 2.75) is 13.5 Å². The molecule has 120 valence electrons. The summed E-state index contributed by atoms with van der Waals surface area (Å²) < 4.78 is 8.81. The van der Waals surface area contributed by atoms with E-state index in [-0.39, 0.29) is 5.56 Å². The topological polar surface area (TPSA) is 49.0 Å². The maximum atomic E-state index is 13.1. The van der Waals surface area contributed by atoms with Crippen molar-refractivity contribution < 1.29 is 4.74 Å². The Labute approximate surface area is 138 Å². The van der Waals surface area contributed by atoms with E-state index in [0.717, 1.165) is 27.7 Å². The standard InChI is InChI=1S/C19H17N3O2/c1-3-21-17-10-9-14(24-2)11-15(17)16-12-20-22(19(23)18(16)21)13-7-5-4-6-8-13/h4-12H,3H2,1-2H3. The number of rotatable bonds is 3. The second-order valence-corrected chi connectivity index (χ2v) is 5.59. The van der Waals surface area contributed by atoms with Crippen molar-refractivity contribution in [2.75, 3.05) is 7.11 Å². The van der Waals surface area contributed by atoms with E-state index in [1.54, 1.807) is 13.3 Å². The number of hydrogen-bond acceptors (Lipinski definition) is 3. The molecule has 2 heterocycles. The van der Waals surface area contributed by atoms with Crippen molar-refractivity contribution in [1.29, 1.82) is 0 Å². The largest absolute Gasteiger partial charge is 0.497 e. The maximum absolute atomic E-state index is 13.1. The zero-order chi connectivity index (χ0) is 16.7. The van der Waals surface area contributed by atoms with Crippen molar-refractivity contribution in [1.82, 2.24) is 14.3 Å². The normalized spacial score (nSPS) is 11.2. The van der Waals surface area contributed by atoms with E-state index in [4.69, 9.17) is 4.74 Å². The molecule has 0 aliphatic carbocycles. The number of benzene rings is 2. The summed E-state index contributed by atoms with van der Waals surface area (Å²) in [6, 6.07) is 15.3. The van der Waals surface area contributed by atoms with Crippen molar-refractivity contribution in [3.8, 4) is 11.4 Å². The second kappa shape index (κ2) is 5.53. The van der Waals surface area contributed by atoms with Gasteiger partial charge in [-0.15, -0.1) is 0 Å². The number of aromatic nitrogens is 3. The van der Waals surface area contributed by atoms with Gasteiger partial charge in [0.15, 0.2) is 0 Å². The van der Waals surface area contributed by atoms with Crippen molar-refractivity contribution in [3.63, 3.8) is 0 Å². The number of para-hydroxylation sites is 1. The number of hydrogen-bond donors (Lipinski definition) is 0. The predicted octanol–water partition coefficient (Wildman–Crippen LogP) is 3.37. The number of aryl methyl sites for hydroxylation is 1. The van der Waals surface area contributed by atoms with Crippen LogP contribution in [0.1, 0.15) is 6.92 Å². The molecule has 0 N–H and O–H groups in total. The van der Waals surface area contributed by atoms with Gasteiger partial charge in [-0.25, -0.2) is 0 Å². The fraction of sp³-hybridized carbons (Fsp3) is 0.158. The van der Waals surface area contributed by atoms with Gasteiger partial charge in [0.2, 0.25) is 0 Å². The molecule has 0 atom stereocenters. The second-order valence-electron chi connectivity index (χ2n) is 5.59. The highest BCUT2D eigenvalue weighted by Crippen LogP contribution is 2.29. The monoisotopic (exact) mass is 319 g/mol. The minimum absolute atomic E-state index is 0.115. The number of fused-ring (bicyclic) bond motifs is 3. The molecule has 2 aromatic carbocycles. The van der Waals surface area contributed by atoms with Crippen LogP contribution >= 0.6 is 0 Å². The number of methoxy groups -OCH3 is 1. The lowest BCUT2D eigenvalue weighted by molar-refractivity contribution is 0.415. The van der Waals surface area contributed by atoms with Gasteiger partial charge < -0.3 is 9.30 Å². The van der Waals surface area contributed by atoms with E-state index >= 15 is 0 Å². The molecule has 0 radical (unpaired) electrons. The molecule has 4 aromatic rings. The van der Waals surface area contributed by atoms with E-state index in [0.29, 0.717) is 12.1 Å². The van der Waals surface area contributed by atoms with E-state index in [2.05, 4.69) is 5.10 Å². The van der Waals surface area contributed by atoms with Crippen molar-refractivity contribution >= 4 is 21.8 Å². The van der Waals surface area contributed by atoms with Crippen LogP contribution in [0.2, 0.25) is 0 Å². The first-order chi connectivity index (χ1) is 11.7. The first-order valence-corrected chi connectivity index (χ1v) is 7.88. The minimum Gasteiger partial charge on any atom is -0.497 e. The van der Waals surface area contributed by atoms with Gasteiger partial charge in [-0.05, 0) is 37.3 Å². The molecule has 24 heavy (non-hydrogen) atoms. The van der Waals surface area contributed by atoms with Gasteiger partial charge in [0.1, 0.15) is 11.3 Å². The molecule has 0 bridgehead atoms. The molecule has 0 spiro atoms. The maximum Gasteiger partial charge on any atom is 0.296 e. The number of ether oxygens (including phenoxy) is 1. The summed E-state index contributed by atoms with van der Waals surface area (Å²) in [4.78, 5) is 13.1. The summed E-state index contributed by atoms with van der Waals surface area (Å²) in [5.41, 5.74) is 2.32. The third-order valence-electron chi connectivity index (χ3n) is 4.32. The van der Waals surface area contributed by atoms with Crippen LogP contribution < -0.4 is 10.3 Å². The lowest BCUT2D eigenvalue weighted by atomic mass is 10.2. The van der Waals surface area contributed by atoms with Crippen LogP contribution in [0.3, 0.4) is 0 Å². The minimum atomic E-state index is -0.115. The van der Waals surface area contributed by atoms with Crippen LogP contribution in [0, 0.1) is 0 Å². The summed E-state index contributed by atoms with van der Waals surface area (Å²) in [6.07, 6.45) is 1.76. The Morgan fingerprint density at radius 2 is 1.88 bits per heavy atom. The van der Waals surface area contributed by atoms with Gasteiger partial charge in [-0.1, -0.05) is 18.2 Å². The summed E-state index contributed by atoms with van der Waals surface area (Å²) in [5.74, 6) is 0.768. The van der Waals surface area contributed by atoms with Crippen molar-refractivity contribution in [2.24, 2.45) is 0 Å². The van der Waals surface area contributed by atoms with Crippen LogP contribution in [-0.4, -0.2) is 21.5 Å². The third kappa shape index (κ3) is 2.01. The van der Waals surface area contributed by atoms with E-state index in [9.17, 15) is 4.79 Å². The van der Waals surface area contributed by atoms with Crippen molar-refractivity contribution in [3.05, 3.63) is 65.1 Å².